The highest BCUT2D eigenvalue weighted by Gasteiger charge is 2.14. The number of amides is 3. The first-order valence-electron chi connectivity index (χ1n) is 10.3. The number of nitrogens with one attached hydrogen (secondary N) is 3. The van der Waals surface area contributed by atoms with Crippen molar-refractivity contribution in [2.24, 2.45) is 0 Å². The summed E-state index contributed by atoms with van der Waals surface area (Å²) in [5, 5.41) is 8.59. The largest absolute Gasteiger partial charge is 0.376 e. The maximum absolute atomic E-state index is 12.8. The first-order chi connectivity index (χ1) is 15.5. The molecule has 3 aromatic rings. The summed E-state index contributed by atoms with van der Waals surface area (Å²) in [6.45, 7) is 1.80. The molecule has 7 heteroatoms. The zero-order valence-corrected chi connectivity index (χ0v) is 18.1. The van der Waals surface area contributed by atoms with Gasteiger partial charge in [-0.15, -0.1) is 0 Å². The van der Waals surface area contributed by atoms with Crippen molar-refractivity contribution in [3.8, 4) is 0 Å². The highest BCUT2D eigenvalue weighted by atomic mass is 16.2. The van der Waals surface area contributed by atoms with Crippen LogP contribution in [-0.4, -0.2) is 31.3 Å². The summed E-state index contributed by atoms with van der Waals surface area (Å²) in [5.74, 6) is -0.486. The quantitative estimate of drug-likeness (QED) is 0.495. The molecular weight excluding hydrogens is 404 g/mol. The number of hydrogen-bond donors (Lipinski definition) is 3. The van der Waals surface area contributed by atoms with E-state index in [-0.39, 0.29) is 24.3 Å². The van der Waals surface area contributed by atoms with Crippen LogP contribution in [0.2, 0.25) is 0 Å². The van der Waals surface area contributed by atoms with Gasteiger partial charge in [-0.2, -0.15) is 0 Å². The number of carbonyl (C=O) groups excluding carboxylic acids is 3. The van der Waals surface area contributed by atoms with E-state index in [9.17, 15) is 14.4 Å². The Kier molecular flexibility index (Phi) is 7.59. The van der Waals surface area contributed by atoms with Gasteiger partial charge in [-0.05, 0) is 48.5 Å². The molecule has 0 atom stereocenters. The monoisotopic (exact) mass is 430 g/mol. The lowest BCUT2D eigenvalue weighted by Gasteiger charge is -2.18. The van der Waals surface area contributed by atoms with Crippen LogP contribution in [0.25, 0.3) is 0 Å². The van der Waals surface area contributed by atoms with E-state index >= 15 is 0 Å². The van der Waals surface area contributed by atoms with Crippen LogP contribution in [0.1, 0.15) is 23.7 Å². The summed E-state index contributed by atoms with van der Waals surface area (Å²) >= 11 is 0. The van der Waals surface area contributed by atoms with Crippen LogP contribution in [0, 0.1) is 0 Å². The van der Waals surface area contributed by atoms with Crippen LogP contribution in [0.15, 0.2) is 78.9 Å². The highest BCUT2D eigenvalue weighted by molar-refractivity contribution is 6.06. The number of nitrogens with zero attached hydrogens (tertiary/aromatic N) is 1. The lowest BCUT2D eigenvalue weighted by atomic mass is 10.1. The normalized spacial score (nSPS) is 10.2. The molecule has 0 heterocycles. The predicted molar refractivity (Wildman–Crippen MR) is 128 cm³/mol. The number of carbonyl (C=O) groups is 3. The third-order valence-corrected chi connectivity index (χ3v) is 4.76. The Hall–Kier alpha value is -4.13. The van der Waals surface area contributed by atoms with Gasteiger partial charge in [0.15, 0.2) is 0 Å². The Labute approximate surface area is 187 Å². The van der Waals surface area contributed by atoms with Gasteiger partial charge in [-0.25, -0.2) is 0 Å². The topological polar surface area (TPSA) is 90.5 Å². The molecule has 0 spiro atoms. The van der Waals surface area contributed by atoms with Gasteiger partial charge in [0.05, 0.1) is 6.54 Å². The van der Waals surface area contributed by atoms with Crippen molar-refractivity contribution in [3.05, 3.63) is 84.4 Å². The molecule has 3 aromatic carbocycles. The van der Waals surface area contributed by atoms with Gasteiger partial charge < -0.3 is 20.9 Å². The molecule has 0 aromatic heterocycles. The van der Waals surface area contributed by atoms with Gasteiger partial charge in [0, 0.05) is 41.8 Å². The Morgan fingerprint density at radius 1 is 0.750 bits per heavy atom. The molecule has 0 fully saturated rings. The van der Waals surface area contributed by atoms with Gasteiger partial charge in [0.25, 0.3) is 5.91 Å². The fourth-order valence-electron chi connectivity index (χ4n) is 3.04. The Bertz CT molecular complexity index is 1100. The second-order valence-electron chi connectivity index (χ2n) is 7.16. The second-order valence-corrected chi connectivity index (χ2v) is 7.16. The summed E-state index contributed by atoms with van der Waals surface area (Å²) < 4.78 is 0. The number of rotatable bonds is 8. The number of benzene rings is 3. The SMILES string of the molecule is CCC(=O)Nc1cccc(NC(=O)CNc2cccc(C(=O)N(C)c3ccccc3)c2)c1. The maximum Gasteiger partial charge on any atom is 0.258 e. The molecule has 3 amide bonds. The summed E-state index contributed by atoms with van der Waals surface area (Å²) in [6.07, 6.45) is 0.378. The molecule has 3 N–H and O–H groups in total. The molecule has 0 saturated heterocycles. The zero-order chi connectivity index (χ0) is 22.9. The summed E-state index contributed by atoms with van der Waals surface area (Å²) in [7, 11) is 1.72. The molecule has 164 valence electrons. The molecule has 0 bridgehead atoms. The molecule has 32 heavy (non-hydrogen) atoms. The van der Waals surface area contributed by atoms with Gasteiger partial charge in [0.2, 0.25) is 11.8 Å². The minimum absolute atomic E-state index is 0.0255. The number of hydrogen-bond acceptors (Lipinski definition) is 4. The van der Waals surface area contributed by atoms with Crippen molar-refractivity contribution in [3.63, 3.8) is 0 Å². The fourth-order valence-corrected chi connectivity index (χ4v) is 3.04. The third-order valence-electron chi connectivity index (χ3n) is 4.76. The van der Waals surface area contributed by atoms with Crippen LogP contribution < -0.4 is 20.9 Å². The van der Waals surface area contributed by atoms with Crippen LogP contribution in [0.5, 0.6) is 0 Å². The molecule has 0 radical (unpaired) electrons. The molecule has 0 unspecified atom stereocenters. The minimum Gasteiger partial charge on any atom is -0.376 e. The minimum atomic E-state index is -0.248. The first-order valence-corrected chi connectivity index (χ1v) is 10.3. The number of anilines is 4. The van der Waals surface area contributed by atoms with Crippen LogP contribution in [-0.2, 0) is 9.59 Å². The third kappa shape index (κ3) is 6.18. The van der Waals surface area contributed by atoms with Crippen molar-refractivity contribution in [2.45, 2.75) is 13.3 Å². The van der Waals surface area contributed by atoms with Crippen molar-refractivity contribution in [1.82, 2.24) is 0 Å². The zero-order valence-electron chi connectivity index (χ0n) is 18.1. The average Bonchev–Trinajstić information content (AvgIpc) is 2.82. The first kappa shape index (κ1) is 22.6. The van der Waals surface area contributed by atoms with Gasteiger partial charge in [-0.1, -0.05) is 37.3 Å². The molecule has 0 aliphatic heterocycles. The van der Waals surface area contributed by atoms with E-state index in [4.69, 9.17) is 0 Å². The Balaban J connectivity index is 1.58. The van der Waals surface area contributed by atoms with Crippen molar-refractivity contribution in [1.29, 1.82) is 0 Å². The van der Waals surface area contributed by atoms with Gasteiger partial charge in [-0.3, -0.25) is 14.4 Å². The molecule has 0 saturated carbocycles. The van der Waals surface area contributed by atoms with E-state index in [2.05, 4.69) is 16.0 Å². The van der Waals surface area contributed by atoms with E-state index in [0.717, 1.165) is 5.69 Å². The van der Waals surface area contributed by atoms with E-state index in [0.29, 0.717) is 29.0 Å². The molecule has 7 nitrogen and oxygen atoms in total. The smallest absolute Gasteiger partial charge is 0.258 e. The van der Waals surface area contributed by atoms with Crippen molar-refractivity contribution in [2.75, 3.05) is 34.4 Å². The van der Waals surface area contributed by atoms with Crippen LogP contribution >= 0.6 is 0 Å². The lowest BCUT2D eigenvalue weighted by Crippen LogP contribution is -2.26. The number of para-hydroxylation sites is 1. The molecular formula is C25H26N4O3. The molecule has 0 aliphatic rings. The lowest BCUT2D eigenvalue weighted by molar-refractivity contribution is -0.116. The van der Waals surface area contributed by atoms with E-state index in [1.54, 1.807) is 67.4 Å². The second kappa shape index (κ2) is 10.8. The van der Waals surface area contributed by atoms with Gasteiger partial charge >= 0.3 is 0 Å². The van der Waals surface area contributed by atoms with Crippen molar-refractivity contribution < 1.29 is 14.4 Å². The predicted octanol–water partition coefficient (Wildman–Crippen LogP) is 4.36. The van der Waals surface area contributed by atoms with E-state index in [1.807, 2.05) is 30.3 Å². The Morgan fingerprint density at radius 3 is 2.06 bits per heavy atom. The molecule has 0 aliphatic carbocycles. The maximum atomic E-state index is 12.8. The van der Waals surface area contributed by atoms with Gasteiger partial charge in [0.1, 0.15) is 0 Å². The summed E-state index contributed by atoms with van der Waals surface area (Å²) in [6, 6.07) is 23.4. The average molecular weight is 431 g/mol. The van der Waals surface area contributed by atoms with E-state index in [1.165, 1.54) is 0 Å². The standard InChI is InChI=1S/C25H26N4O3/c1-3-23(30)27-20-11-8-12-21(16-20)28-24(31)17-26-19-10-7-9-18(15-19)25(32)29(2)22-13-5-4-6-14-22/h4-16,26H,3,17H2,1-2H3,(H,27,30)(H,28,31). The van der Waals surface area contributed by atoms with Crippen molar-refractivity contribution >= 4 is 40.5 Å². The summed E-state index contributed by atoms with van der Waals surface area (Å²) in [4.78, 5) is 38.3. The van der Waals surface area contributed by atoms with Crippen LogP contribution in [0.4, 0.5) is 22.7 Å². The fraction of sp³-hybridized carbons (Fsp3) is 0.160. The Morgan fingerprint density at radius 2 is 1.38 bits per heavy atom. The van der Waals surface area contributed by atoms with E-state index < -0.39 is 0 Å². The molecule has 3 rings (SSSR count). The van der Waals surface area contributed by atoms with Crippen LogP contribution in [0.3, 0.4) is 0 Å². The summed E-state index contributed by atoms with van der Waals surface area (Å²) in [5.41, 5.74) is 3.18. The highest BCUT2D eigenvalue weighted by Crippen LogP contribution is 2.18.